The predicted octanol–water partition coefficient (Wildman–Crippen LogP) is 2.40. The van der Waals surface area contributed by atoms with E-state index >= 15 is 0 Å². The molecule has 0 amide bonds. The quantitative estimate of drug-likeness (QED) is 0.881. The van der Waals surface area contributed by atoms with Gasteiger partial charge in [0, 0.05) is 11.5 Å². The van der Waals surface area contributed by atoms with Gasteiger partial charge in [0.2, 0.25) is 5.89 Å². The molecule has 4 aliphatic rings. The van der Waals surface area contributed by atoms with Crippen LogP contribution in [0.5, 0.6) is 0 Å². The molecule has 1 aliphatic heterocycles. The molecule has 1 atom stereocenters. The molecular weight excluding hydrogens is 294 g/mol. The Morgan fingerprint density at radius 3 is 2.65 bits per heavy atom. The number of benzene rings is 1. The summed E-state index contributed by atoms with van der Waals surface area (Å²) in [4.78, 5) is 5.93. The largest absolute Gasteiger partial charge is 0.401 e. The fourth-order valence-electron chi connectivity index (χ4n) is 4.14. The van der Waals surface area contributed by atoms with Gasteiger partial charge >= 0.3 is 6.01 Å². The molecule has 3 saturated carbocycles. The lowest BCUT2D eigenvalue weighted by molar-refractivity contribution is -0.153. The number of anilines is 1. The Hall–Kier alpha value is -1.96. The summed E-state index contributed by atoms with van der Waals surface area (Å²) in [6.45, 7) is 0. The molecule has 2 heterocycles. The zero-order valence-corrected chi connectivity index (χ0v) is 12.7. The number of hydrogen-bond acceptors (Lipinski definition) is 7. The molecule has 1 saturated heterocycles. The smallest absolute Gasteiger partial charge is 0.350 e. The fraction of sp³-hybridized carbons (Fsp3) is 0.500. The van der Waals surface area contributed by atoms with Gasteiger partial charge < -0.3 is 4.42 Å². The molecule has 3 aliphatic carbocycles. The van der Waals surface area contributed by atoms with Crippen molar-refractivity contribution in [3.8, 4) is 11.5 Å². The van der Waals surface area contributed by atoms with Gasteiger partial charge in [-0.15, -0.1) is 5.10 Å². The Morgan fingerprint density at radius 1 is 1.09 bits per heavy atom. The lowest BCUT2D eigenvalue weighted by Crippen LogP contribution is -2.57. The molecule has 2 aromatic rings. The normalized spacial score (nSPS) is 32.8. The van der Waals surface area contributed by atoms with E-state index in [4.69, 9.17) is 9.25 Å². The highest BCUT2D eigenvalue weighted by Gasteiger charge is 2.53. The minimum Gasteiger partial charge on any atom is -0.401 e. The van der Waals surface area contributed by atoms with Crippen molar-refractivity contribution in [3.63, 3.8) is 0 Å². The summed E-state index contributed by atoms with van der Waals surface area (Å²) >= 11 is 0. The lowest BCUT2D eigenvalue weighted by Gasteiger charge is -2.47. The van der Waals surface area contributed by atoms with Crippen LogP contribution < -0.4 is 16.1 Å². The lowest BCUT2D eigenvalue weighted by atomic mass is 9.66. The Balaban J connectivity index is 1.37. The van der Waals surface area contributed by atoms with Crippen molar-refractivity contribution in [1.82, 2.24) is 21.2 Å². The maximum atomic E-state index is 5.93. The Labute approximate surface area is 133 Å². The van der Waals surface area contributed by atoms with Gasteiger partial charge in [-0.1, -0.05) is 28.9 Å². The molecule has 7 heteroatoms. The second kappa shape index (κ2) is 5.02. The number of fused-ring (bicyclic) bond motifs is 2. The van der Waals surface area contributed by atoms with Gasteiger partial charge in [-0.05, 0) is 50.2 Å². The van der Waals surface area contributed by atoms with E-state index in [0.29, 0.717) is 17.8 Å². The van der Waals surface area contributed by atoms with Gasteiger partial charge in [-0.2, -0.15) is 10.5 Å². The van der Waals surface area contributed by atoms with Crippen LogP contribution in [0.4, 0.5) is 6.01 Å². The molecular formula is C16H19N5O2. The van der Waals surface area contributed by atoms with Crippen LogP contribution in [0.25, 0.3) is 11.5 Å². The Morgan fingerprint density at radius 2 is 1.91 bits per heavy atom. The minimum atomic E-state index is -0.331. The highest BCUT2D eigenvalue weighted by Crippen LogP contribution is 2.49. The van der Waals surface area contributed by atoms with Crippen LogP contribution in [-0.2, 0) is 4.84 Å². The van der Waals surface area contributed by atoms with Gasteiger partial charge in [0.1, 0.15) is 0 Å². The first-order chi connectivity index (χ1) is 11.3. The highest BCUT2D eigenvalue weighted by molar-refractivity contribution is 5.52. The summed E-state index contributed by atoms with van der Waals surface area (Å²) in [5.74, 6) is 1.77. The topological polar surface area (TPSA) is 75.5 Å². The molecule has 2 bridgehead atoms. The SMILES string of the molecule is c1ccc(-c2nnc(N3NO[C@@]4(CC5CCC4CC5)N3)o2)cc1. The van der Waals surface area contributed by atoms with Crippen molar-refractivity contribution in [1.29, 1.82) is 0 Å². The van der Waals surface area contributed by atoms with E-state index in [1.54, 1.807) is 5.12 Å². The molecule has 0 radical (unpaired) electrons. The van der Waals surface area contributed by atoms with Crippen LogP contribution in [0, 0.1) is 11.8 Å². The maximum Gasteiger partial charge on any atom is 0.350 e. The van der Waals surface area contributed by atoms with Crippen molar-refractivity contribution in [3.05, 3.63) is 30.3 Å². The van der Waals surface area contributed by atoms with Gasteiger partial charge in [0.15, 0.2) is 5.72 Å². The average Bonchev–Trinajstić information content (AvgIpc) is 3.25. The summed E-state index contributed by atoms with van der Waals surface area (Å²) in [5, 5.41) is 9.85. The molecule has 1 spiro atoms. The molecule has 120 valence electrons. The number of rotatable bonds is 2. The van der Waals surface area contributed by atoms with Gasteiger partial charge in [-0.25, -0.2) is 0 Å². The maximum absolute atomic E-state index is 5.93. The van der Waals surface area contributed by atoms with Crippen LogP contribution in [-0.4, -0.2) is 15.9 Å². The molecule has 23 heavy (non-hydrogen) atoms. The monoisotopic (exact) mass is 313 g/mol. The number of aromatic nitrogens is 2. The van der Waals surface area contributed by atoms with Crippen molar-refractivity contribution in [2.45, 2.75) is 37.8 Å². The molecule has 7 nitrogen and oxygen atoms in total. The van der Waals surface area contributed by atoms with Crippen LogP contribution >= 0.6 is 0 Å². The van der Waals surface area contributed by atoms with E-state index in [-0.39, 0.29) is 5.72 Å². The number of nitrogens with one attached hydrogen (secondary N) is 2. The van der Waals surface area contributed by atoms with Crippen LogP contribution in [0.2, 0.25) is 0 Å². The third-order valence-corrected chi connectivity index (χ3v) is 5.34. The third-order valence-electron chi connectivity index (χ3n) is 5.34. The van der Waals surface area contributed by atoms with E-state index in [1.165, 1.54) is 25.7 Å². The number of nitrogens with zero attached hydrogens (tertiary/aromatic N) is 3. The first kappa shape index (κ1) is 13.5. The van der Waals surface area contributed by atoms with Gasteiger partial charge in [-0.3, -0.25) is 4.84 Å². The van der Waals surface area contributed by atoms with E-state index in [2.05, 4.69) is 21.2 Å². The fourth-order valence-corrected chi connectivity index (χ4v) is 4.14. The Kier molecular flexibility index (Phi) is 2.94. The molecule has 4 fully saturated rings. The third kappa shape index (κ3) is 2.15. The van der Waals surface area contributed by atoms with Crippen LogP contribution in [0.15, 0.2) is 34.7 Å². The van der Waals surface area contributed by atoms with Crippen molar-refractivity contribution in [2.24, 2.45) is 11.8 Å². The van der Waals surface area contributed by atoms with Crippen molar-refractivity contribution >= 4 is 6.01 Å². The van der Waals surface area contributed by atoms with Gasteiger partial charge in [0.05, 0.1) is 0 Å². The average molecular weight is 313 g/mol. The zero-order chi connectivity index (χ0) is 15.3. The standard InChI is InChI=1S/C16H19N5O2/c1-2-4-12(5-3-1)14-17-18-15(22-14)21-19-16(23-20-21)10-11-6-8-13(16)9-7-11/h1-5,11,13,19-20H,6-10H2/t11?,13?,16-/m1/s1. The van der Waals surface area contributed by atoms with E-state index < -0.39 is 0 Å². The zero-order valence-electron chi connectivity index (χ0n) is 12.7. The van der Waals surface area contributed by atoms with E-state index in [1.807, 2.05) is 30.3 Å². The summed E-state index contributed by atoms with van der Waals surface area (Å²) in [6.07, 6.45) is 6.09. The number of hydrazine groups is 2. The van der Waals surface area contributed by atoms with E-state index in [0.717, 1.165) is 17.9 Å². The summed E-state index contributed by atoms with van der Waals surface area (Å²) in [7, 11) is 0. The minimum absolute atomic E-state index is 0.331. The van der Waals surface area contributed by atoms with Gasteiger partial charge in [0.25, 0.3) is 0 Å². The predicted molar refractivity (Wildman–Crippen MR) is 82.4 cm³/mol. The Bertz CT molecular complexity index is 698. The van der Waals surface area contributed by atoms with Crippen LogP contribution in [0.3, 0.4) is 0 Å². The van der Waals surface area contributed by atoms with Crippen molar-refractivity contribution in [2.75, 3.05) is 5.12 Å². The number of hydrogen-bond donors (Lipinski definition) is 2. The molecule has 1 aromatic carbocycles. The molecule has 6 rings (SSSR count). The first-order valence-electron chi connectivity index (χ1n) is 8.23. The van der Waals surface area contributed by atoms with E-state index in [9.17, 15) is 0 Å². The molecule has 2 N–H and O–H groups in total. The first-order valence-corrected chi connectivity index (χ1v) is 8.23. The van der Waals surface area contributed by atoms with Crippen molar-refractivity contribution < 1.29 is 9.25 Å². The molecule has 1 aromatic heterocycles. The molecule has 0 unspecified atom stereocenters. The summed E-state index contributed by atoms with van der Waals surface area (Å²) in [6, 6.07) is 10.1. The van der Waals surface area contributed by atoms with Crippen LogP contribution in [0.1, 0.15) is 32.1 Å². The highest BCUT2D eigenvalue weighted by atomic mass is 16.7. The second-order valence-electron chi connectivity index (χ2n) is 6.71. The second-order valence-corrected chi connectivity index (χ2v) is 6.71. The summed E-state index contributed by atoms with van der Waals surface area (Å²) in [5.41, 5.74) is 6.90. The summed E-state index contributed by atoms with van der Waals surface area (Å²) < 4.78 is 5.77.